The molecule has 3 unspecified atom stereocenters. The summed E-state index contributed by atoms with van der Waals surface area (Å²) in [5.74, 6) is 0.997. The third-order valence-electron chi connectivity index (χ3n) is 6.45. The summed E-state index contributed by atoms with van der Waals surface area (Å²) in [5, 5.41) is 3.89. The summed E-state index contributed by atoms with van der Waals surface area (Å²) in [5.41, 5.74) is 1.81. The fourth-order valence-electron chi connectivity index (χ4n) is 6.96. The van der Waals surface area contributed by atoms with Crippen LogP contribution in [0.25, 0.3) is 0 Å². The average Bonchev–Trinajstić information content (AvgIpc) is 2.29. The van der Waals surface area contributed by atoms with Gasteiger partial charge in [-0.3, -0.25) is 0 Å². The Bertz CT molecular complexity index is 367. The van der Waals surface area contributed by atoms with Gasteiger partial charge >= 0.3 is 0 Å². The lowest BCUT2D eigenvalue weighted by molar-refractivity contribution is -0.157. The van der Waals surface area contributed by atoms with Gasteiger partial charge in [-0.15, -0.1) is 6.58 Å². The van der Waals surface area contributed by atoms with Crippen LogP contribution < -0.4 is 5.32 Å². The van der Waals surface area contributed by atoms with Gasteiger partial charge in [0.15, 0.2) is 0 Å². The molecular formula is C19H33N. The predicted octanol–water partition coefficient (Wildman–Crippen LogP) is 4.93. The van der Waals surface area contributed by atoms with Crippen LogP contribution in [0.1, 0.15) is 72.1 Å². The van der Waals surface area contributed by atoms with Crippen molar-refractivity contribution in [3.8, 4) is 0 Å². The van der Waals surface area contributed by atoms with Gasteiger partial charge in [0.25, 0.3) is 0 Å². The Balaban J connectivity index is 1.87. The van der Waals surface area contributed by atoms with E-state index in [4.69, 9.17) is 0 Å². The summed E-state index contributed by atoms with van der Waals surface area (Å²) in [6.07, 6.45) is 13.4. The molecule has 0 amide bonds. The fraction of sp³-hybridized carbons (Fsp3) is 0.895. The SMILES string of the molecule is C=CCC(NCCC)C12CC3CC(C)(CC(C)(C3)C1)C2. The van der Waals surface area contributed by atoms with Crippen LogP contribution >= 0.6 is 0 Å². The molecule has 20 heavy (non-hydrogen) atoms. The average molecular weight is 275 g/mol. The van der Waals surface area contributed by atoms with E-state index in [9.17, 15) is 0 Å². The molecule has 0 aliphatic heterocycles. The quantitative estimate of drug-likeness (QED) is 0.678. The summed E-state index contributed by atoms with van der Waals surface area (Å²) in [7, 11) is 0. The zero-order chi connectivity index (χ0) is 14.4. The van der Waals surface area contributed by atoms with Crippen LogP contribution in [0.3, 0.4) is 0 Å². The lowest BCUT2D eigenvalue weighted by Gasteiger charge is -2.67. The lowest BCUT2D eigenvalue weighted by Crippen LogP contribution is -2.61. The van der Waals surface area contributed by atoms with Crippen molar-refractivity contribution in [2.75, 3.05) is 6.54 Å². The molecule has 0 radical (unpaired) electrons. The maximum atomic E-state index is 4.03. The van der Waals surface area contributed by atoms with E-state index in [0.717, 1.165) is 12.3 Å². The van der Waals surface area contributed by atoms with Gasteiger partial charge in [0.2, 0.25) is 0 Å². The first-order valence-corrected chi connectivity index (χ1v) is 8.77. The molecule has 4 bridgehead atoms. The van der Waals surface area contributed by atoms with Crippen LogP contribution in [-0.2, 0) is 0 Å². The highest BCUT2D eigenvalue weighted by Gasteiger charge is 2.61. The van der Waals surface area contributed by atoms with Crippen molar-refractivity contribution in [1.82, 2.24) is 5.32 Å². The molecular weight excluding hydrogens is 242 g/mol. The number of hydrogen-bond donors (Lipinski definition) is 1. The Kier molecular flexibility index (Phi) is 3.56. The first-order chi connectivity index (χ1) is 9.43. The summed E-state index contributed by atoms with van der Waals surface area (Å²) >= 11 is 0. The lowest BCUT2D eigenvalue weighted by atomic mass is 9.39. The van der Waals surface area contributed by atoms with E-state index in [1.807, 2.05) is 0 Å². The van der Waals surface area contributed by atoms with E-state index in [1.54, 1.807) is 0 Å². The molecule has 4 aliphatic carbocycles. The molecule has 0 heterocycles. The fourth-order valence-corrected chi connectivity index (χ4v) is 6.96. The molecule has 0 aromatic carbocycles. The third-order valence-corrected chi connectivity index (χ3v) is 6.45. The number of nitrogens with one attached hydrogen (secondary N) is 1. The zero-order valence-electron chi connectivity index (χ0n) is 13.8. The van der Waals surface area contributed by atoms with Gasteiger partial charge in [0.1, 0.15) is 0 Å². The maximum Gasteiger partial charge on any atom is 0.0158 e. The molecule has 1 nitrogen and oxygen atoms in total. The Morgan fingerprint density at radius 1 is 1.15 bits per heavy atom. The van der Waals surface area contributed by atoms with Gasteiger partial charge in [-0.2, -0.15) is 0 Å². The van der Waals surface area contributed by atoms with Crippen LogP contribution in [-0.4, -0.2) is 12.6 Å². The van der Waals surface area contributed by atoms with Gasteiger partial charge in [-0.05, 0) is 80.1 Å². The van der Waals surface area contributed by atoms with Crippen LogP contribution in [0, 0.1) is 22.2 Å². The molecule has 3 atom stereocenters. The topological polar surface area (TPSA) is 12.0 Å². The maximum absolute atomic E-state index is 4.03. The number of rotatable bonds is 6. The minimum Gasteiger partial charge on any atom is -0.313 e. The second kappa shape index (κ2) is 4.87. The molecule has 4 rings (SSSR count). The highest BCUT2D eigenvalue weighted by Crippen LogP contribution is 2.70. The highest BCUT2D eigenvalue weighted by molar-refractivity contribution is 5.14. The molecule has 4 fully saturated rings. The van der Waals surface area contributed by atoms with Crippen molar-refractivity contribution >= 4 is 0 Å². The summed E-state index contributed by atoms with van der Waals surface area (Å²) in [6, 6.07) is 0.669. The standard InChI is InChI=1S/C19H33N/c1-5-7-16(20-8-6-2)19-11-15-9-17(3,13-19)12-18(4,10-15)14-19/h5,15-16,20H,1,6-14H2,2-4H3. The first-order valence-electron chi connectivity index (χ1n) is 8.77. The van der Waals surface area contributed by atoms with Gasteiger partial charge in [0, 0.05) is 6.04 Å². The van der Waals surface area contributed by atoms with E-state index in [2.05, 4.69) is 38.7 Å². The van der Waals surface area contributed by atoms with Crippen LogP contribution in [0.2, 0.25) is 0 Å². The van der Waals surface area contributed by atoms with Crippen molar-refractivity contribution in [2.24, 2.45) is 22.2 Å². The molecule has 0 spiro atoms. The van der Waals surface area contributed by atoms with E-state index in [-0.39, 0.29) is 0 Å². The summed E-state index contributed by atoms with van der Waals surface area (Å²) in [6.45, 7) is 12.6. The molecule has 0 aromatic heterocycles. The molecule has 114 valence electrons. The van der Waals surface area contributed by atoms with Gasteiger partial charge in [-0.25, -0.2) is 0 Å². The number of hydrogen-bond acceptors (Lipinski definition) is 1. The van der Waals surface area contributed by atoms with Gasteiger partial charge < -0.3 is 5.32 Å². The summed E-state index contributed by atoms with van der Waals surface area (Å²) < 4.78 is 0. The van der Waals surface area contributed by atoms with Crippen LogP contribution in [0.4, 0.5) is 0 Å². The van der Waals surface area contributed by atoms with Crippen molar-refractivity contribution in [1.29, 1.82) is 0 Å². The zero-order valence-corrected chi connectivity index (χ0v) is 13.8. The van der Waals surface area contributed by atoms with E-state index in [0.29, 0.717) is 22.3 Å². The van der Waals surface area contributed by atoms with Crippen molar-refractivity contribution < 1.29 is 0 Å². The predicted molar refractivity (Wildman–Crippen MR) is 86.7 cm³/mol. The molecule has 0 aromatic rings. The molecule has 4 saturated carbocycles. The van der Waals surface area contributed by atoms with Crippen molar-refractivity contribution in [3.05, 3.63) is 12.7 Å². The second-order valence-corrected chi connectivity index (χ2v) is 9.02. The van der Waals surface area contributed by atoms with E-state index in [1.165, 1.54) is 51.5 Å². The largest absolute Gasteiger partial charge is 0.313 e. The molecule has 0 saturated heterocycles. The highest BCUT2D eigenvalue weighted by atomic mass is 14.9. The van der Waals surface area contributed by atoms with Gasteiger partial charge in [-0.1, -0.05) is 26.8 Å². The minimum atomic E-state index is 0.562. The van der Waals surface area contributed by atoms with E-state index >= 15 is 0 Å². The molecule has 4 aliphatic rings. The molecule has 1 N–H and O–H groups in total. The van der Waals surface area contributed by atoms with Crippen molar-refractivity contribution in [2.45, 2.75) is 78.2 Å². The summed E-state index contributed by atoms with van der Waals surface area (Å²) in [4.78, 5) is 0. The second-order valence-electron chi connectivity index (χ2n) is 9.02. The van der Waals surface area contributed by atoms with E-state index < -0.39 is 0 Å². The Morgan fingerprint density at radius 2 is 1.80 bits per heavy atom. The first kappa shape index (κ1) is 14.6. The van der Waals surface area contributed by atoms with Crippen LogP contribution in [0.15, 0.2) is 12.7 Å². The normalized spacial score (nSPS) is 47.5. The van der Waals surface area contributed by atoms with Crippen LogP contribution in [0.5, 0.6) is 0 Å². The minimum absolute atomic E-state index is 0.562. The Hall–Kier alpha value is -0.300. The Morgan fingerprint density at radius 3 is 2.30 bits per heavy atom. The third kappa shape index (κ3) is 2.36. The monoisotopic (exact) mass is 275 g/mol. The van der Waals surface area contributed by atoms with Crippen molar-refractivity contribution in [3.63, 3.8) is 0 Å². The van der Waals surface area contributed by atoms with Gasteiger partial charge in [0.05, 0.1) is 0 Å². The smallest absolute Gasteiger partial charge is 0.0158 e. The Labute approximate surface area is 125 Å². The molecule has 1 heteroatoms.